The van der Waals surface area contributed by atoms with E-state index in [1.54, 1.807) is 24.3 Å². The fraction of sp³-hybridized carbons (Fsp3) is 0.222. The number of hydrogen-bond acceptors (Lipinski definition) is 5. The lowest BCUT2D eigenvalue weighted by atomic mass is 10.2. The first-order chi connectivity index (χ1) is 12.4. The lowest BCUT2D eigenvalue weighted by Gasteiger charge is -2.20. The minimum atomic E-state index is -1.02. The van der Waals surface area contributed by atoms with Gasteiger partial charge >= 0.3 is 5.97 Å². The third-order valence-electron chi connectivity index (χ3n) is 3.58. The third kappa shape index (κ3) is 4.20. The minimum Gasteiger partial charge on any atom is -0.486 e. The molecule has 1 aliphatic heterocycles. The van der Waals surface area contributed by atoms with Gasteiger partial charge in [0.2, 0.25) is 0 Å². The summed E-state index contributed by atoms with van der Waals surface area (Å²) in [6, 6.07) is 9.55. The number of hydrogen-bond donors (Lipinski definition) is 1. The largest absolute Gasteiger partial charge is 0.486 e. The highest BCUT2D eigenvalue weighted by Crippen LogP contribution is 2.38. The molecule has 0 radical (unpaired) electrons. The summed E-state index contributed by atoms with van der Waals surface area (Å²) >= 11 is 12.0. The van der Waals surface area contributed by atoms with Crippen molar-refractivity contribution in [3.8, 4) is 11.5 Å². The van der Waals surface area contributed by atoms with Crippen LogP contribution < -0.4 is 14.8 Å². The molecule has 3 rings (SSSR count). The zero-order valence-electron chi connectivity index (χ0n) is 13.8. The van der Waals surface area contributed by atoms with Crippen LogP contribution in [0.4, 0.5) is 5.69 Å². The maximum Gasteiger partial charge on any atom is 0.339 e. The molecule has 0 aliphatic carbocycles. The summed E-state index contributed by atoms with van der Waals surface area (Å²) in [5.41, 5.74) is 0.675. The monoisotopic (exact) mass is 395 g/mol. The predicted octanol–water partition coefficient (Wildman–Crippen LogP) is 3.95. The third-order valence-corrected chi connectivity index (χ3v) is 4.09. The number of esters is 1. The van der Waals surface area contributed by atoms with Crippen LogP contribution in [0.3, 0.4) is 0 Å². The summed E-state index contributed by atoms with van der Waals surface area (Å²) in [5.74, 6) is -0.421. The van der Waals surface area contributed by atoms with E-state index < -0.39 is 18.0 Å². The first-order valence-corrected chi connectivity index (χ1v) is 8.56. The van der Waals surface area contributed by atoms with E-state index in [4.69, 9.17) is 37.4 Å². The second-order valence-corrected chi connectivity index (χ2v) is 6.37. The van der Waals surface area contributed by atoms with Gasteiger partial charge in [0.15, 0.2) is 17.6 Å². The van der Waals surface area contributed by atoms with Crippen molar-refractivity contribution in [1.82, 2.24) is 0 Å². The molecular formula is C18H15Cl2NO5. The Morgan fingerprint density at radius 1 is 1.15 bits per heavy atom. The van der Waals surface area contributed by atoms with Crippen molar-refractivity contribution in [2.75, 3.05) is 18.5 Å². The molecule has 136 valence electrons. The lowest BCUT2D eigenvalue weighted by Crippen LogP contribution is -2.30. The zero-order valence-corrected chi connectivity index (χ0v) is 15.3. The van der Waals surface area contributed by atoms with Gasteiger partial charge in [0, 0.05) is 10.7 Å². The van der Waals surface area contributed by atoms with E-state index in [1.807, 2.05) is 0 Å². The van der Waals surface area contributed by atoms with Gasteiger partial charge in [-0.05, 0) is 37.3 Å². The molecule has 1 amide bonds. The molecule has 0 saturated carbocycles. The number of benzene rings is 2. The lowest BCUT2D eigenvalue weighted by molar-refractivity contribution is -0.123. The number of amides is 1. The van der Waals surface area contributed by atoms with Gasteiger partial charge in [-0.2, -0.15) is 0 Å². The maximum atomic E-state index is 12.3. The number of halogens is 2. The predicted molar refractivity (Wildman–Crippen MR) is 97.4 cm³/mol. The van der Waals surface area contributed by atoms with E-state index in [-0.39, 0.29) is 10.6 Å². The van der Waals surface area contributed by atoms with Crippen molar-refractivity contribution in [2.24, 2.45) is 0 Å². The Morgan fingerprint density at radius 3 is 2.69 bits per heavy atom. The van der Waals surface area contributed by atoms with Crippen LogP contribution in [0, 0.1) is 0 Å². The molecule has 1 atom stereocenters. The van der Waals surface area contributed by atoms with E-state index >= 15 is 0 Å². The Labute approximate surface area is 159 Å². The van der Waals surface area contributed by atoms with Crippen LogP contribution in [0.15, 0.2) is 36.4 Å². The number of carbonyl (C=O) groups is 2. The summed E-state index contributed by atoms with van der Waals surface area (Å²) in [5, 5.41) is 3.35. The molecule has 2 aromatic carbocycles. The molecule has 0 aromatic heterocycles. The molecule has 8 heteroatoms. The number of carbonyl (C=O) groups excluding carboxylic acids is 2. The van der Waals surface area contributed by atoms with Crippen LogP contribution in [0.1, 0.15) is 17.3 Å². The number of fused-ring (bicyclic) bond motifs is 1. The Hall–Kier alpha value is -2.44. The Morgan fingerprint density at radius 2 is 1.92 bits per heavy atom. The van der Waals surface area contributed by atoms with Gasteiger partial charge in [0.1, 0.15) is 13.2 Å². The second kappa shape index (κ2) is 7.85. The summed E-state index contributed by atoms with van der Waals surface area (Å²) < 4.78 is 16.0. The van der Waals surface area contributed by atoms with Crippen LogP contribution in [0.5, 0.6) is 11.5 Å². The number of nitrogens with one attached hydrogen (secondary N) is 1. The van der Waals surface area contributed by atoms with Crippen molar-refractivity contribution in [1.29, 1.82) is 0 Å². The van der Waals surface area contributed by atoms with Crippen LogP contribution in [0.2, 0.25) is 10.0 Å². The van der Waals surface area contributed by atoms with Crippen molar-refractivity contribution < 1.29 is 23.8 Å². The van der Waals surface area contributed by atoms with Crippen LogP contribution in [0.25, 0.3) is 0 Å². The molecule has 1 aliphatic rings. The summed E-state index contributed by atoms with van der Waals surface area (Å²) in [6.07, 6.45) is -1.02. The van der Waals surface area contributed by atoms with Gasteiger partial charge in [-0.15, -0.1) is 0 Å². The normalized spacial score (nSPS) is 13.7. The van der Waals surface area contributed by atoms with Gasteiger partial charge in [-0.3, -0.25) is 4.79 Å². The average Bonchev–Trinajstić information content (AvgIpc) is 2.61. The summed E-state index contributed by atoms with van der Waals surface area (Å²) in [6.45, 7) is 2.22. The summed E-state index contributed by atoms with van der Waals surface area (Å²) in [4.78, 5) is 24.5. The fourth-order valence-electron chi connectivity index (χ4n) is 2.32. The average molecular weight is 396 g/mol. The number of rotatable bonds is 4. The molecule has 0 spiro atoms. The van der Waals surface area contributed by atoms with Crippen molar-refractivity contribution in [2.45, 2.75) is 13.0 Å². The topological polar surface area (TPSA) is 73.9 Å². The minimum absolute atomic E-state index is 0.168. The Bertz CT molecular complexity index is 855. The highest BCUT2D eigenvalue weighted by Gasteiger charge is 2.23. The van der Waals surface area contributed by atoms with Gasteiger partial charge in [0.05, 0.1) is 10.6 Å². The van der Waals surface area contributed by atoms with E-state index in [9.17, 15) is 9.59 Å². The zero-order chi connectivity index (χ0) is 18.7. The first-order valence-electron chi connectivity index (χ1n) is 7.80. The standard InChI is InChI=1S/C18H15Cl2NO5/c1-10(17(22)21-13-4-2-3-12(19)9-13)26-18(23)11-7-14(20)16-15(8-11)24-5-6-25-16/h2-4,7-10H,5-6H2,1H3,(H,21,22)/t10-/m0/s1. The SMILES string of the molecule is C[C@H](OC(=O)c1cc(Cl)c2c(c1)OCCO2)C(=O)Nc1cccc(Cl)c1. The van der Waals surface area contributed by atoms with Gasteiger partial charge in [-0.25, -0.2) is 4.79 Å². The molecule has 1 heterocycles. The molecule has 26 heavy (non-hydrogen) atoms. The smallest absolute Gasteiger partial charge is 0.339 e. The van der Waals surface area contributed by atoms with E-state index in [2.05, 4.69) is 5.32 Å². The fourth-order valence-corrected chi connectivity index (χ4v) is 2.78. The maximum absolute atomic E-state index is 12.3. The summed E-state index contributed by atoms with van der Waals surface area (Å²) in [7, 11) is 0. The highest BCUT2D eigenvalue weighted by molar-refractivity contribution is 6.32. The molecule has 1 N–H and O–H groups in total. The molecule has 0 unspecified atom stereocenters. The molecule has 2 aromatic rings. The van der Waals surface area contributed by atoms with E-state index in [0.29, 0.717) is 35.4 Å². The van der Waals surface area contributed by atoms with Crippen molar-refractivity contribution in [3.05, 3.63) is 52.0 Å². The van der Waals surface area contributed by atoms with Crippen molar-refractivity contribution in [3.63, 3.8) is 0 Å². The van der Waals surface area contributed by atoms with Crippen LogP contribution in [-0.2, 0) is 9.53 Å². The number of ether oxygens (including phenoxy) is 3. The Kier molecular flexibility index (Phi) is 5.54. The highest BCUT2D eigenvalue weighted by atomic mass is 35.5. The van der Waals surface area contributed by atoms with Crippen LogP contribution >= 0.6 is 23.2 Å². The Balaban J connectivity index is 1.67. The van der Waals surface area contributed by atoms with Crippen LogP contribution in [-0.4, -0.2) is 31.2 Å². The molecule has 0 bridgehead atoms. The first kappa shape index (κ1) is 18.4. The van der Waals surface area contributed by atoms with E-state index in [1.165, 1.54) is 19.1 Å². The second-order valence-electron chi connectivity index (χ2n) is 5.53. The van der Waals surface area contributed by atoms with Gasteiger partial charge < -0.3 is 19.5 Å². The quantitative estimate of drug-likeness (QED) is 0.793. The number of anilines is 1. The van der Waals surface area contributed by atoms with Gasteiger partial charge in [-0.1, -0.05) is 29.3 Å². The molecular weight excluding hydrogens is 381 g/mol. The molecule has 6 nitrogen and oxygen atoms in total. The van der Waals surface area contributed by atoms with Crippen molar-refractivity contribution >= 4 is 40.8 Å². The molecule has 0 saturated heterocycles. The van der Waals surface area contributed by atoms with Gasteiger partial charge in [0.25, 0.3) is 5.91 Å². The van der Waals surface area contributed by atoms with E-state index in [0.717, 1.165) is 0 Å². The molecule has 0 fully saturated rings.